The van der Waals surface area contributed by atoms with Crippen LogP contribution in [0, 0.1) is 0 Å². The van der Waals surface area contributed by atoms with E-state index < -0.39 is 0 Å². The molecule has 0 saturated carbocycles. The summed E-state index contributed by atoms with van der Waals surface area (Å²) in [6, 6.07) is 8.64. The Morgan fingerprint density at radius 3 is 2.67 bits per heavy atom. The van der Waals surface area contributed by atoms with E-state index in [9.17, 15) is 0 Å². The van der Waals surface area contributed by atoms with Crippen molar-refractivity contribution in [2.24, 2.45) is 0 Å². The highest BCUT2D eigenvalue weighted by molar-refractivity contribution is 6.30. The van der Waals surface area contributed by atoms with Crippen molar-refractivity contribution in [3.8, 4) is 0 Å². The molecule has 2 rings (SSSR count). The summed E-state index contributed by atoms with van der Waals surface area (Å²) in [5.41, 5.74) is 2.97. The van der Waals surface area contributed by atoms with Crippen molar-refractivity contribution in [3.63, 3.8) is 0 Å². The van der Waals surface area contributed by atoms with Gasteiger partial charge in [-0.05, 0) is 56.3 Å². The first-order chi connectivity index (χ1) is 8.79. The summed E-state index contributed by atoms with van der Waals surface area (Å²) in [5.74, 6) is 0. The van der Waals surface area contributed by atoms with Gasteiger partial charge in [-0.25, -0.2) is 0 Å². The number of allylic oxidation sites excluding steroid dienone is 1. The number of hydrogen-bond acceptors (Lipinski definition) is 1. The minimum Gasteiger partial charge on any atom is -0.310 e. The Balaban J connectivity index is 1.83. The second kappa shape index (κ2) is 6.96. The van der Waals surface area contributed by atoms with Crippen molar-refractivity contribution in [1.82, 2.24) is 5.32 Å². The Labute approximate surface area is 115 Å². The fraction of sp³-hybridized carbons (Fsp3) is 0.500. The van der Waals surface area contributed by atoms with Crippen molar-refractivity contribution in [2.75, 3.05) is 6.54 Å². The molecular formula is C16H22ClN. The molecule has 0 radical (unpaired) electrons. The van der Waals surface area contributed by atoms with Gasteiger partial charge in [0.15, 0.2) is 0 Å². The van der Waals surface area contributed by atoms with Crippen LogP contribution in [-0.2, 0) is 0 Å². The average molecular weight is 264 g/mol. The molecule has 1 N–H and O–H groups in total. The van der Waals surface area contributed by atoms with E-state index in [0.717, 1.165) is 18.0 Å². The summed E-state index contributed by atoms with van der Waals surface area (Å²) in [6.07, 6.45) is 8.66. The van der Waals surface area contributed by atoms with E-state index in [4.69, 9.17) is 11.6 Å². The molecule has 1 aromatic rings. The van der Waals surface area contributed by atoms with Crippen LogP contribution in [0.25, 0.3) is 0 Å². The van der Waals surface area contributed by atoms with Gasteiger partial charge in [0.1, 0.15) is 0 Å². The Kier molecular flexibility index (Phi) is 5.27. The van der Waals surface area contributed by atoms with Crippen LogP contribution in [0.5, 0.6) is 0 Å². The number of benzene rings is 1. The molecule has 0 heterocycles. The predicted molar refractivity (Wildman–Crippen MR) is 79.0 cm³/mol. The minimum absolute atomic E-state index is 0.448. The third kappa shape index (κ3) is 3.86. The van der Waals surface area contributed by atoms with Crippen molar-refractivity contribution in [3.05, 3.63) is 46.5 Å². The van der Waals surface area contributed by atoms with Gasteiger partial charge in [-0.1, -0.05) is 42.3 Å². The average Bonchev–Trinajstić information content (AvgIpc) is 2.89. The summed E-state index contributed by atoms with van der Waals surface area (Å²) in [5, 5.41) is 4.46. The Hall–Kier alpha value is -0.790. The maximum Gasteiger partial charge on any atom is 0.0406 e. The van der Waals surface area contributed by atoms with Crippen LogP contribution in [0.4, 0.5) is 0 Å². The van der Waals surface area contributed by atoms with E-state index in [1.165, 1.54) is 31.2 Å². The fourth-order valence-corrected chi connectivity index (χ4v) is 2.69. The van der Waals surface area contributed by atoms with Crippen LogP contribution in [0.1, 0.15) is 50.6 Å². The molecule has 0 spiro atoms. The molecular weight excluding hydrogens is 242 g/mol. The molecule has 0 aliphatic heterocycles. The second-order valence-corrected chi connectivity index (χ2v) is 5.41. The normalized spacial score (nSPS) is 16.7. The van der Waals surface area contributed by atoms with Crippen molar-refractivity contribution in [1.29, 1.82) is 0 Å². The Bertz CT molecular complexity index is 394. The predicted octanol–water partition coefficient (Wildman–Crippen LogP) is 4.88. The largest absolute Gasteiger partial charge is 0.310 e. The van der Waals surface area contributed by atoms with Gasteiger partial charge < -0.3 is 5.32 Å². The van der Waals surface area contributed by atoms with Crippen molar-refractivity contribution >= 4 is 11.6 Å². The minimum atomic E-state index is 0.448. The van der Waals surface area contributed by atoms with E-state index in [2.05, 4.69) is 30.4 Å². The topological polar surface area (TPSA) is 12.0 Å². The summed E-state index contributed by atoms with van der Waals surface area (Å²) in [6.45, 7) is 3.30. The SMILES string of the molecule is CCC(NCCC1=CCCC1)c1ccc(Cl)cc1. The van der Waals surface area contributed by atoms with E-state index in [1.807, 2.05) is 12.1 Å². The number of hydrogen-bond donors (Lipinski definition) is 1. The zero-order valence-corrected chi connectivity index (χ0v) is 11.8. The zero-order chi connectivity index (χ0) is 12.8. The first-order valence-electron chi connectivity index (χ1n) is 6.96. The lowest BCUT2D eigenvalue weighted by Gasteiger charge is -2.17. The molecule has 1 nitrogen and oxygen atoms in total. The first kappa shape index (κ1) is 13.6. The van der Waals surface area contributed by atoms with E-state index in [0.29, 0.717) is 6.04 Å². The second-order valence-electron chi connectivity index (χ2n) is 4.97. The fourth-order valence-electron chi connectivity index (χ4n) is 2.56. The van der Waals surface area contributed by atoms with Gasteiger partial charge in [-0.2, -0.15) is 0 Å². The molecule has 18 heavy (non-hydrogen) atoms. The Morgan fingerprint density at radius 2 is 2.06 bits per heavy atom. The summed E-state index contributed by atoms with van der Waals surface area (Å²) in [7, 11) is 0. The van der Waals surface area contributed by atoms with E-state index >= 15 is 0 Å². The number of nitrogens with one attached hydrogen (secondary N) is 1. The van der Waals surface area contributed by atoms with Crippen LogP contribution in [-0.4, -0.2) is 6.54 Å². The lowest BCUT2D eigenvalue weighted by Crippen LogP contribution is -2.22. The van der Waals surface area contributed by atoms with Crippen LogP contribution in [0.2, 0.25) is 5.02 Å². The van der Waals surface area contributed by atoms with Gasteiger partial charge in [-0.3, -0.25) is 0 Å². The van der Waals surface area contributed by atoms with E-state index in [-0.39, 0.29) is 0 Å². The molecule has 2 heteroatoms. The third-order valence-corrected chi connectivity index (χ3v) is 3.90. The van der Waals surface area contributed by atoms with Crippen LogP contribution in [0.3, 0.4) is 0 Å². The molecule has 1 atom stereocenters. The van der Waals surface area contributed by atoms with Gasteiger partial charge in [0.05, 0.1) is 0 Å². The monoisotopic (exact) mass is 263 g/mol. The van der Waals surface area contributed by atoms with Crippen LogP contribution >= 0.6 is 11.6 Å². The van der Waals surface area contributed by atoms with Crippen molar-refractivity contribution in [2.45, 2.75) is 45.1 Å². The van der Waals surface area contributed by atoms with Gasteiger partial charge >= 0.3 is 0 Å². The highest BCUT2D eigenvalue weighted by atomic mass is 35.5. The summed E-state index contributed by atoms with van der Waals surface area (Å²) >= 11 is 5.92. The van der Waals surface area contributed by atoms with Gasteiger partial charge in [0.25, 0.3) is 0 Å². The molecule has 0 saturated heterocycles. The standard InChI is InChI=1S/C16H22ClN/c1-2-16(14-7-9-15(17)10-8-14)18-12-11-13-5-3-4-6-13/h5,7-10,16,18H,2-4,6,11-12H2,1H3. The molecule has 1 unspecified atom stereocenters. The van der Waals surface area contributed by atoms with Gasteiger partial charge in [-0.15, -0.1) is 0 Å². The summed E-state index contributed by atoms with van der Waals surface area (Å²) in [4.78, 5) is 0. The maximum absolute atomic E-state index is 5.92. The molecule has 98 valence electrons. The zero-order valence-electron chi connectivity index (χ0n) is 11.1. The lowest BCUT2D eigenvalue weighted by molar-refractivity contribution is 0.520. The lowest BCUT2D eigenvalue weighted by atomic mass is 10.0. The van der Waals surface area contributed by atoms with Crippen molar-refractivity contribution < 1.29 is 0 Å². The molecule has 1 aliphatic carbocycles. The van der Waals surface area contributed by atoms with Crippen LogP contribution < -0.4 is 5.32 Å². The highest BCUT2D eigenvalue weighted by Gasteiger charge is 2.09. The highest BCUT2D eigenvalue weighted by Crippen LogP contribution is 2.22. The molecule has 0 aromatic heterocycles. The summed E-state index contributed by atoms with van der Waals surface area (Å²) < 4.78 is 0. The maximum atomic E-state index is 5.92. The number of rotatable bonds is 6. The first-order valence-corrected chi connectivity index (χ1v) is 7.34. The quantitative estimate of drug-likeness (QED) is 0.721. The molecule has 1 aliphatic rings. The Morgan fingerprint density at radius 1 is 1.28 bits per heavy atom. The van der Waals surface area contributed by atoms with Gasteiger partial charge in [0.2, 0.25) is 0 Å². The number of halogens is 1. The molecule has 1 aromatic carbocycles. The van der Waals surface area contributed by atoms with Gasteiger partial charge in [0, 0.05) is 11.1 Å². The van der Waals surface area contributed by atoms with E-state index in [1.54, 1.807) is 5.57 Å². The van der Waals surface area contributed by atoms with Crippen LogP contribution in [0.15, 0.2) is 35.9 Å². The smallest absolute Gasteiger partial charge is 0.0406 e. The molecule has 0 amide bonds. The third-order valence-electron chi connectivity index (χ3n) is 3.65. The molecule has 0 bridgehead atoms. The molecule has 0 fully saturated rings.